The maximum Gasteiger partial charge on any atom is 0.285 e. The highest BCUT2D eigenvalue weighted by Gasteiger charge is 2.25. The van der Waals surface area contributed by atoms with E-state index >= 15 is 0 Å². The Morgan fingerprint density at radius 3 is 2.76 bits per heavy atom. The molecule has 0 saturated carbocycles. The van der Waals surface area contributed by atoms with Crippen LogP contribution in [0.15, 0.2) is 18.2 Å². The molecule has 0 aliphatic carbocycles. The van der Waals surface area contributed by atoms with Crippen LogP contribution in [0.25, 0.3) is 0 Å². The standard InChI is InChI=1S/C14H20N2O5/c1-3-6-10(17)9-15-14(18)13-11(16(19)20)7-5-8-12(13)21-4-2/h5,7-8,10,17H,3-4,6,9H2,1-2H3,(H,15,18). The van der Waals surface area contributed by atoms with E-state index in [1.807, 2.05) is 6.92 Å². The van der Waals surface area contributed by atoms with Crippen LogP contribution in [-0.2, 0) is 0 Å². The highest BCUT2D eigenvalue weighted by molar-refractivity contribution is 6.00. The summed E-state index contributed by atoms with van der Waals surface area (Å²) in [6, 6.07) is 4.22. The Kier molecular flexibility index (Phi) is 6.61. The Morgan fingerprint density at radius 1 is 1.48 bits per heavy atom. The first-order chi connectivity index (χ1) is 10.0. The number of hydrogen-bond donors (Lipinski definition) is 2. The fraction of sp³-hybridized carbons (Fsp3) is 0.500. The number of aliphatic hydroxyl groups excluding tert-OH is 1. The third kappa shape index (κ3) is 4.71. The minimum Gasteiger partial charge on any atom is -0.493 e. The molecule has 1 rings (SSSR count). The molecule has 21 heavy (non-hydrogen) atoms. The summed E-state index contributed by atoms with van der Waals surface area (Å²) in [6.45, 7) is 3.98. The highest BCUT2D eigenvalue weighted by Crippen LogP contribution is 2.28. The summed E-state index contributed by atoms with van der Waals surface area (Å²) in [6.07, 6.45) is 0.666. The summed E-state index contributed by atoms with van der Waals surface area (Å²) in [5.41, 5.74) is -0.434. The number of benzene rings is 1. The van der Waals surface area contributed by atoms with E-state index in [2.05, 4.69) is 5.32 Å². The number of nitrogens with zero attached hydrogens (tertiary/aromatic N) is 1. The van der Waals surface area contributed by atoms with Crippen molar-refractivity contribution in [3.05, 3.63) is 33.9 Å². The zero-order valence-corrected chi connectivity index (χ0v) is 12.2. The molecule has 1 aromatic carbocycles. The van der Waals surface area contributed by atoms with Gasteiger partial charge in [0.25, 0.3) is 11.6 Å². The van der Waals surface area contributed by atoms with Gasteiger partial charge >= 0.3 is 0 Å². The zero-order valence-electron chi connectivity index (χ0n) is 12.2. The van der Waals surface area contributed by atoms with Gasteiger partial charge in [0.05, 0.1) is 17.6 Å². The lowest BCUT2D eigenvalue weighted by Gasteiger charge is -2.13. The fourth-order valence-corrected chi connectivity index (χ4v) is 1.91. The molecule has 1 amide bonds. The molecule has 7 heteroatoms. The van der Waals surface area contributed by atoms with E-state index in [0.29, 0.717) is 13.0 Å². The minimum absolute atomic E-state index is 0.0459. The molecule has 1 atom stereocenters. The van der Waals surface area contributed by atoms with Gasteiger partial charge in [-0.05, 0) is 19.4 Å². The summed E-state index contributed by atoms with van der Waals surface area (Å²) < 4.78 is 5.28. The zero-order chi connectivity index (χ0) is 15.8. The molecule has 0 bridgehead atoms. The number of nitro groups is 1. The second kappa shape index (κ2) is 8.21. The minimum atomic E-state index is -0.669. The molecule has 1 aromatic rings. The van der Waals surface area contributed by atoms with Crippen molar-refractivity contribution < 1.29 is 19.6 Å². The quantitative estimate of drug-likeness (QED) is 0.563. The van der Waals surface area contributed by atoms with Gasteiger partial charge in [0, 0.05) is 12.6 Å². The molecule has 116 valence electrons. The van der Waals surface area contributed by atoms with Crippen LogP contribution in [0.4, 0.5) is 5.69 Å². The first-order valence-corrected chi connectivity index (χ1v) is 6.87. The lowest BCUT2D eigenvalue weighted by Crippen LogP contribution is -2.32. The number of rotatable bonds is 8. The van der Waals surface area contributed by atoms with Crippen LogP contribution in [0.2, 0.25) is 0 Å². The first-order valence-electron chi connectivity index (χ1n) is 6.87. The molecular formula is C14H20N2O5. The van der Waals surface area contributed by atoms with E-state index < -0.39 is 16.9 Å². The summed E-state index contributed by atoms with van der Waals surface area (Å²) >= 11 is 0. The van der Waals surface area contributed by atoms with E-state index in [1.165, 1.54) is 18.2 Å². The molecule has 1 unspecified atom stereocenters. The Balaban J connectivity index is 2.97. The Bertz CT molecular complexity index is 504. The average molecular weight is 296 g/mol. The van der Waals surface area contributed by atoms with Gasteiger partial charge in [-0.2, -0.15) is 0 Å². The molecule has 0 aromatic heterocycles. The highest BCUT2D eigenvalue weighted by atomic mass is 16.6. The largest absolute Gasteiger partial charge is 0.493 e. The van der Waals surface area contributed by atoms with Crippen molar-refractivity contribution in [3.63, 3.8) is 0 Å². The molecule has 2 N–H and O–H groups in total. The van der Waals surface area contributed by atoms with Crippen LogP contribution in [0.3, 0.4) is 0 Å². The van der Waals surface area contributed by atoms with Crippen molar-refractivity contribution in [1.82, 2.24) is 5.32 Å². The van der Waals surface area contributed by atoms with Gasteiger partial charge in [-0.3, -0.25) is 14.9 Å². The second-order valence-corrected chi connectivity index (χ2v) is 4.49. The predicted octanol–water partition coefficient (Wildman–Crippen LogP) is 1.88. The van der Waals surface area contributed by atoms with Crippen LogP contribution < -0.4 is 10.1 Å². The van der Waals surface area contributed by atoms with Crippen LogP contribution in [0.1, 0.15) is 37.0 Å². The first kappa shape index (κ1) is 16.9. The van der Waals surface area contributed by atoms with Crippen molar-refractivity contribution in [3.8, 4) is 5.75 Å². The van der Waals surface area contributed by atoms with Gasteiger partial charge in [-0.1, -0.05) is 19.4 Å². The maximum atomic E-state index is 12.2. The van der Waals surface area contributed by atoms with E-state index in [-0.39, 0.29) is 23.5 Å². The fourth-order valence-electron chi connectivity index (χ4n) is 1.91. The lowest BCUT2D eigenvalue weighted by atomic mass is 10.1. The van der Waals surface area contributed by atoms with E-state index in [9.17, 15) is 20.0 Å². The number of carbonyl (C=O) groups is 1. The van der Waals surface area contributed by atoms with Crippen molar-refractivity contribution >= 4 is 11.6 Å². The van der Waals surface area contributed by atoms with Crippen molar-refractivity contribution in [2.45, 2.75) is 32.8 Å². The van der Waals surface area contributed by atoms with Gasteiger partial charge in [0.2, 0.25) is 0 Å². The SMILES string of the molecule is CCCC(O)CNC(=O)c1c(OCC)cccc1[N+](=O)[O-]. The Hall–Kier alpha value is -2.15. The molecule has 7 nitrogen and oxygen atoms in total. The average Bonchev–Trinajstić information content (AvgIpc) is 2.45. The Labute approximate surface area is 123 Å². The number of carbonyl (C=O) groups excluding carboxylic acids is 1. The van der Waals surface area contributed by atoms with E-state index in [4.69, 9.17) is 4.74 Å². The molecule has 0 aliphatic rings. The number of amides is 1. The molecule has 0 spiro atoms. The summed E-state index contributed by atoms with van der Waals surface area (Å²) in [4.78, 5) is 22.6. The molecule has 0 saturated heterocycles. The van der Waals surface area contributed by atoms with Gasteiger partial charge in [0.15, 0.2) is 5.56 Å². The number of nitrogens with one attached hydrogen (secondary N) is 1. The van der Waals surface area contributed by atoms with Crippen LogP contribution in [0.5, 0.6) is 5.75 Å². The topological polar surface area (TPSA) is 102 Å². The van der Waals surface area contributed by atoms with Crippen LogP contribution in [-0.4, -0.2) is 35.2 Å². The van der Waals surface area contributed by atoms with Gasteiger partial charge < -0.3 is 15.2 Å². The van der Waals surface area contributed by atoms with E-state index in [1.54, 1.807) is 6.92 Å². The van der Waals surface area contributed by atoms with Gasteiger partial charge in [0.1, 0.15) is 5.75 Å². The predicted molar refractivity (Wildman–Crippen MR) is 77.5 cm³/mol. The lowest BCUT2D eigenvalue weighted by molar-refractivity contribution is -0.385. The molecule has 0 radical (unpaired) electrons. The van der Waals surface area contributed by atoms with Gasteiger partial charge in [-0.25, -0.2) is 0 Å². The number of hydrogen-bond acceptors (Lipinski definition) is 5. The number of ether oxygens (including phenoxy) is 1. The number of nitro benzene ring substituents is 1. The summed E-state index contributed by atoms with van der Waals surface area (Å²) in [5, 5.41) is 23.2. The van der Waals surface area contributed by atoms with Crippen molar-refractivity contribution in [2.75, 3.05) is 13.2 Å². The Morgan fingerprint density at radius 2 is 2.19 bits per heavy atom. The molecular weight excluding hydrogens is 276 g/mol. The van der Waals surface area contributed by atoms with Crippen LogP contribution in [0, 0.1) is 10.1 Å². The van der Waals surface area contributed by atoms with E-state index in [0.717, 1.165) is 6.42 Å². The monoisotopic (exact) mass is 296 g/mol. The van der Waals surface area contributed by atoms with Gasteiger partial charge in [-0.15, -0.1) is 0 Å². The smallest absolute Gasteiger partial charge is 0.285 e. The third-order valence-electron chi connectivity index (χ3n) is 2.85. The second-order valence-electron chi connectivity index (χ2n) is 4.49. The molecule has 0 heterocycles. The number of aliphatic hydroxyl groups is 1. The van der Waals surface area contributed by atoms with Crippen molar-refractivity contribution in [2.24, 2.45) is 0 Å². The normalized spacial score (nSPS) is 11.8. The van der Waals surface area contributed by atoms with Crippen LogP contribution >= 0.6 is 0 Å². The third-order valence-corrected chi connectivity index (χ3v) is 2.85. The summed E-state index contributed by atoms with van der Waals surface area (Å²) in [5.74, 6) is -0.463. The molecule has 0 fully saturated rings. The van der Waals surface area contributed by atoms with Crippen molar-refractivity contribution in [1.29, 1.82) is 0 Å². The molecule has 0 aliphatic heterocycles. The maximum absolute atomic E-state index is 12.2. The summed E-state index contributed by atoms with van der Waals surface area (Å²) in [7, 11) is 0.